The molecule has 0 spiro atoms. The number of rotatable bonds is 11. The lowest BCUT2D eigenvalue weighted by Gasteiger charge is -2.31. The molecular formula is C29H29N3O6S. The molecule has 0 aliphatic heterocycles. The number of para-hydroxylation sites is 1. The average Bonchev–Trinajstić information content (AvgIpc) is 3.49. The van der Waals surface area contributed by atoms with Gasteiger partial charge in [-0.3, -0.25) is 14.5 Å². The van der Waals surface area contributed by atoms with E-state index in [1.54, 1.807) is 74.7 Å². The summed E-state index contributed by atoms with van der Waals surface area (Å²) < 4.78 is 38.8. The Kier molecular flexibility index (Phi) is 8.80. The maximum Gasteiger partial charge on any atom is 0.251 e. The Hall–Kier alpha value is -4.41. The second kappa shape index (κ2) is 12.4. The molecule has 39 heavy (non-hydrogen) atoms. The normalized spacial score (nSPS) is 11.9. The van der Waals surface area contributed by atoms with Crippen LogP contribution in [0.2, 0.25) is 0 Å². The van der Waals surface area contributed by atoms with E-state index in [2.05, 4.69) is 10.0 Å². The highest BCUT2D eigenvalue weighted by atomic mass is 32.2. The first-order chi connectivity index (χ1) is 18.8. The molecule has 9 nitrogen and oxygen atoms in total. The highest BCUT2D eigenvalue weighted by Crippen LogP contribution is 2.31. The molecule has 2 N–H and O–H groups in total. The number of carbonyl (C=O) groups excluding carboxylic acids is 2. The van der Waals surface area contributed by atoms with E-state index in [0.717, 1.165) is 11.1 Å². The number of nitrogens with zero attached hydrogens (tertiary/aromatic N) is 1. The van der Waals surface area contributed by atoms with Gasteiger partial charge in [-0.05, 0) is 60.5 Å². The third-order valence-corrected chi connectivity index (χ3v) is 7.47. The smallest absolute Gasteiger partial charge is 0.251 e. The molecular weight excluding hydrogens is 518 g/mol. The summed E-state index contributed by atoms with van der Waals surface area (Å²) in [4.78, 5) is 28.7. The molecule has 0 aliphatic carbocycles. The fraction of sp³-hybridized carbons (Fsp3) is 0.172. The number of carbonyl (C=O) groups is 2. The van der Waals surface area contributed by atoms with Gasteiger partial charge in [0.15, 0.2) is 6.04 Å². The maximum absolute atomic E-state index is 13.7. The Labute approximate surface area is 227 Å². The first-order valence-electron chi connectivity index (χ1n) is 12.2. The van der Waals surface area contributed by atoms with Gasteiger partial charge in [0.05, 0.1) is 24.8 Å². The fourth-order valence-corrected chi connectivity index (χ4v) is 5.02. The highest BCUT2D eigenvalue weighted by molar-refractivity contribution is 7.89. The lowest BCUT2D eigenvalue weighted by molar-refractivity contribution is -0.126. The number of furan rings is 1. The van der Waals surface area contributed by atoms with E-state index in [0.29, 0.717) is 11.4 Å². The van der Waals surface area contributed by atoms with Crippen LogP contribution < -0.4 is 19.7 Å². The average molecular weight is 548 g/mol. The van der Waals surface area contributed by atoms with Gasteiger partial charge < -0.3 is 14.5 Å². The Morgan fingerprint density at radius 2 is 1.62 bits per heavy atom. The van der Waals surface area contributed by atoms with E-state index < -0.39 is 34.4 Å². The monoisotopic (exact) mass is 547 g/mol. The number of aryl methyl sites for hydroxylation is 1. The van der Waals surface area contributed by atoms with Crippen LogP contribution in [0.3, 0.4) is 0 Å². The molecule has 0 aliphatic rings. The summed E-state index contributed by atoms with van der Waals surface area (Å²) >= 11 is 0. The molecule has 0 saturated heterocycles. The second-order valence-electron chi connectivity index (χ2n) is 8.67. The van der Waals surface area contributed by atoms with Crippen molar-refractivity contribution in [2.45, 2.75) is 24.4 Å². The predicted molar refractivity (Wildman–Crippen MR) is 147 cm³/mol. The Bertz CT molecular complexity index is 1500. The number of anilines is 1. The Morgan fingerprint density at radius 3 is 2.26 bits per heavy atom. The summed E-state index contributed by atoms with van der Waals surface area (Å²) in [6.45, 7) is 1.42. The summed E-state index contributed by atoms with van der Waals surface area (Å²) in [6, 6.07) is 24.0. The molecule has 10 heteroatoms. The van der Waals surface area contributed by atoms with Crippen LogP contribution in [0.5, 0.6) is 5.75 Å². The molecule has 0 fully saturated rings. The zero-order chi connectivity index (χ0) is 27.8. The van der Waals surface area contributed by atoms with Crippen molar-refractivity contribution in [3.8, 4) is 5.75 Å². The van der Waals surface area contributed by atoms with Crippen LogP contribution >= 0.6 is 0 Å². The minimum atomic E-state index is -3.96. The molecule has 2 amide bonds. The zero-order valence-electron chi connectivity index (χ0n) is 21.5. The number of benzene rings is 3. The van der Waals surface area contributed by atoms with Crippen molar-refractivity contribution < 1.29 is 27.2 Å². The molecule has 0 saturated carbocycles. The number of hydrogen-bond acceptors (Lipinski definition) is 6. The first-order valence-corrected chi connectivity index (χ1v) is 13.6. The number of ether oxygens (including phenoxy) is 1. The fourth-order valence-electron chi connectivity index (χ4n) is 4.03. The highest BCUT2D eigenvalue weighted by Gasteiger charge is 2.35. The van der Waals surface area contributed by atoms with Gasteiger partial charge in [-0.2, -0.15) is 0 Å². The largest absolute Gasteiger partial charge is 0.497 e. The summed E-state index contributed by atoms with van der Waals surface area (Å²) in [6.07, 6.45) is 1.41. The molecule has 0 bridgehead atoms. The van der Waals surface area contributed by atoms with Crippen LogP contribution in [-0.4, -0.2) is 33.9 Å². The SMILES string of the molecule is COc1ccc(CNC(=O)[C@H](c2ccco2)N(C(=O)CNS(=O)(=O)c2ccccc2)c2ccccc2C)cc1. The topological polar surface area (TPSA) is 118 Å². The van der Waals surface area contributed by atoms with Crippen molar-refractivity contribution in [3.63, 3.8) is 0 Å². The number of hydrogen-bond donors (Lipinski definition) is 2. The number of amides is 2. The van der Waals surface area contributed by atoms with E-state index in [1.165, 1.54) is 23.3 Å². The summed E-state index contributed by atoms with van der Waals surface area (Å²) in [7, 11) is -2.39. The number of sulfonamides is 1. The van der Waals surface area contributed by atoms with E-state index in [1.807, 2.05) is 18.2 Å². The number of methoxy groups -OCH3 is 1. The van der Waals surface area contributed by atoms with Crippen molar-refractivity contribution in [1.82, 2.24) is 10.0 Å². The second-order valence-corrected chi connectivity index (χ2v) is 10.4. The van der Waals surface area contributed by atoms with Crippen LogP contribution in [0.15, 0.2) is 107 Å². The minimum Gasteiger partial charge on any atom is -0.497 e. The Balaban J connectivity index is 1.64. The summed E-state index contributed by atoms with van der Waals surface area (Å²) in [5.74, 6) is -0.217. The molecule has 4 aromatic rings. The van der Waals surface area contributed by atoms with Gasteiger partial charge in [-0.1, -0.05) is 48.5 Å². The molecule has 202 valence electrons. The van der Waals surface area contributed by atoms with E-state index >= 15 is 0 Å². The van der Waals surface area contributed by atoms with E-state index in [-0.39, 0.29) is 17.2 Å². The summed E-state index contributed by atoms with van der Waals surface area (Å²) in [5.41, 5.74) is 1.99. The standard InChI is InChI=1S/C29H29N3O6S/c1-21-9-6-7-12-25(21)32(27(33)20-31-39(35,36)24-10-4-3-5-11-24)28(26-13-8-18-38-26)29(34)30-19-22-14-16-23(37-2)17-15-22/h3-18,28,31H,19-20H2,1-2H3,(H,30,34)/t28-/m0/s1. The van der Waals surface area contributed by atoms with Gasteiger partial charge in [-0.25, -0.2) is 13.1 Å². The van der Waals surface area contributed by atoms with Crippen molar-refractivity contribution in [2.75, 3.05) is 18.6 Å². The van der Waals surface area contributed by atoms with Crippen molar-refractivity contribution >= 4 is 27.5 Å². The van der Waals surface area contributed by atoms with Crippen LogP contribution in [0.25, 0.3) is 0 Å². The van der Waals surface area contributed by atoms with Gasteiger partial charge in [0.25, 0.3) is 5.91 Å². The van der Waals surface area contributed by atoms with Gasteiger partial charge in [0, 0.05) is 12.2 Å². The van der Waals surface area contributed by atoms with Gasteiger partial charge in [-0.15, -0.1) is 0 Å². The van der Waals surface area contributed by atoms with Crippen molar-refractivity contribution in [1.29, 1.82) is 0 Å². The molecule has 1 atom stereocenters. The molecule has 3 aromatic carbocycles. The third kappa shape index (κ3) is 6.73. The molecule has 4 rings (SSSR count). The van der Waals surface area contributed by atoms with E-state index in [9.17, 15) is 18.0 Å². The lowest BCUT2D eigenvalue weighted by atomic mass is 10.1. The molecule has 1 aromatic heterocycles. The van der Waals surface area contributed by atoms with Gasteiger partial charge in [0.2, 0.25) is 15.9 Å². The first kappa shape index (κ1) is 27.6. The van der Waals surface area contributed by atoms with Gasteiger partial charge >= 0.3 is 0 Å². The third-order valence-electron chi connectivity index (χ3n) is 6.06. The number of nitrogens with one attached hydrogen (secondary N) is 2. The van der Waals surface area contributed by atoms with Crippen LogP contribution in [-0.2, 0) is 26.2 Å². The van der Waals surface area contributed by atoms with Crippen molar-refractivity contribution in [2.24, 2.45) is 0 Å². The van der Waals surface area contributed by atoms with Gasteiger partial charge in [0.1, 0.15) is 11.5 Å². The molecule has 1 heterocycles. The van der Waals surface area contributed by atoms with Crippen LogP contribution in [0.1, 0.15) is 22.9 Å². The van der Waals surface area contributed by atoms with Crippen molar-refractivity contribution in [3.05, 3.63) is 114 Å². The zero-order valence-corrected chi connectivity index (χ0v) is 22.4. The summed E-state index contributed by atoms with van der Waals surface area (Å²) in [5, 5.41) is 2.88. The lowest BCUT2D eigenvalue weighted by Crippen LogP contribution is -2.47. The van der Waals surface area contributed by atoms with E-state index in [4.69, 9.17) is 9.15 Å². The van der Waals surface area contributed by atoms with Crippen LogP contribution in [0.4, 0.5) is 5.69 Å². The minimum absolute atomic E-state index is 0.0278. The van der Waals surface area contributed by atoms with Crippen LogP contribution in [0, 0.1) is 6.92 Å². The Morgan fingerprint density at radius 1 is 0.923 bits per heavy atom. The molecule has 0 radical (unpaired) electrons. The maximum atomic E-state index is 13.7. The quantitative estimate of drug-likeness (QED) is 0.294. The predicted octanol–water partition coefficient (Wildman–Crippen LogP) is 3.97. The molecule has 0 unspecified atom stereocenters.